The van der Waals surface area contributed by atoms with Crippen molar-refractivity contribution in [2.45, 2.75) is 137 Å². The topological polar surface area (TPSA) is 97.6 Å². The van der Waals surface area contributed by atoms with Gasteiger partial charge in [-0.1, -0.05) is 96.9 Å². The first-order valence-corrected chi connectivity index (χ1v) is 18.4. The van der Waals surface area contributed by atoms with Gasteiger partial charge in [-0.3, -0.25) is 4.99 Å². The lowest BCUT2D eigenvalue weighted by Crippen LogP contribution is -2.42. The van der Waals surface area contributed by atoms with E-state index in [0.717, 1.165) is 33.8 Å². The van der Waals surface area contributed by atoms with Crippen molar-refractivity contribution in [1.29, 1.82) is 0 Å². The van der Waals surface area contributed by atoms with Crippen LogP contribution in [0.3, 0.4) is 0 Å². The lowest BCUT2D eigenvalue weighted by molar-refractivity contribution is 0.0447. The molecule has 0 bridgehead atoms. The second-order valence-corrected chi connectivity index (χ2v) is 18.7. The summed E-state index contributed by atoms with van der Waals surface area (Å²) in [6.07, 6.45) is 2.07. The molecule has 3 aromatic carbocycles. The van der Waals surface area contributed by atoms with Gasteiger partial charge >= 0.3 is 5.97 Å². The summed E-state index contributed by atoms with van der Waals surface area (Å²) in [5.41, 5.74) is 2.97. The monoisotopic (exact) mass is 715 g/mol. The Morgan fingerprint density at radius 2 is 1.08 bits per heavy atom. The number of benzene rings is 3. The first kappa shape index (κ1) is 42.6. The molecule has 0 saturated heterocycles. The summed E-state index contributed by atoms with van der Waals surface area (Å²) in [4.78, 5) is 17.6. The third-order valence-electron chi connectivity index (χ3n) is 9.72. The Hall–Kier alpha value is -3.84. The molecule has 0 saturated carbocycles. The Morgan fingerprint density at radius 3 is 1.38 bits per heavy atom. The zero-order valence-electron chi connectivity index (χ0n) is 35.0. The number of rotatable bonds is 10. The minimum Gasteiger partial charge on any atom is -0.507 e. The van der Waals surface area contributed by atoms with Gasteiger partial charge in [0.2, 0.25) is 0 Å². The van der Waals surface area contributed by atoms with Crippen molar-refractivity contribution in [3.05, 3.63) is 87.0 Å². The first-order chi connectivity index (χ1) is 23.7. The maximum absolute atomic E-state index is 13.9. The maximum atomic E-state index is 13.9. The van der Waals surface area contributed by atoms with Gasteiger partial charge in [-0.25, -0.2) is 4.79 Å². The average Bonchev–Trinajstić information content (AvgIpc) is 3.03. The molecule has 7 nitrogen and oxygen atoms in total. The highest BCUT2D eigenvalue weighted by Crippen LogP contribution is 2.49. The molecular weight excluding hydrogens is 650 g/mol. The number of carbonyl (C=O) groups is 1. The minimum absolute atomic E-state index is 0.0350. The van der Waals surface area contributed by atoms with Crippen LogP contribution in [0.4, 0.5) is 0 Å². The minimum atomic E-state index is -1.67. The molecule has 0 heterocycles. The van der Waals surface area contributed by atoms with Crippen molar-refractivity contribution in [2.24, 2.45) is 10.9 Å². The fourth-order valence-electron chi connectivity index (χ4n) is 6.78. The van der Waals surface area contributed by atoms with Gasteiger partial charge in [0.15, 0.2) is 0 Å². The smallest absolute Gasteiger partial charge is 0.337 e. The van der Waals surface area contributed by atoms with E-state index >= 15 is 0 Å². The molecule has 1 unspecified atom stereocenters. The van der Waals surface area contributed by atoms with Crippen molar-refractivity contribution >= 4 is 12.2 Å². The second-order valence-electron chi connectivity index (χ2n) is 18.7. The molecule has 52 heavy (non-hydrogen) atoms. The van der Waals surface area contributed by atoms with E-state index < -0.39 is 17.6 Å². The van der Waals surface area contributed by atoms with Gasteiger partial charge in [0.05, 0.1) is 32.9 Å². The van der Waals surface area contributed by atoms with Crippen LogP contribution >= 0.6 is 0 Å². The summed E-state index contributed by atoms with van der Waals surface area (Å²) in [7, 11) is 4.74. The number of phenolic OH excluding ortho intramolecular Hbond substituents is 1. The van der Waals surface area contributed by atoms with Crippen LogP contribution in [0, 0.1) is 5.92 Å². The largest absolute Gasteiger partial charge is 0.507 e. The summed E-state index contributed by atoms with van der Waals surface area (Å²) in [5, 5.41) is 24.9. The molecule has 3 rings (SSSR count). The molecule has 0 amide bonds. The lowest BCUT2D eigenvalue weighted by Gasteiger charge is -2.40. The lowest BCUT2D eigenvalue weighted by atomic mass is 9.70. The maximum Gasteiger partial charge on any atom is 0.337 e. The normalized spacial score (nSPS) is 13.8. The summed E-state index contributed by atoms with van der Waals surface area (Å²) in [5.74, 6) is 1.19. The van der Waals surface area contributed by atoms with Gasteiger partial charge in [0.1, 0.15) is 22.8 Å². The molecule has 3 aromatic rings. The summed E-state index contributed by atoms with van der Waals surface area (Å²) in [6.45, 7) is 30.1. The number of nitrogens with zero attached hydrogens (tertiary/aromatic N) is 1. The van der Waals surface area contributed by atoms with Crippen LogP contribution in [0.5, 0.6) is 17.2 Å². The number of esters is 1. The van der Waals surface area contributed by atoms with Crippen molar-refractivity contribution in [3.63, 3.8) is 0 Å². The number of aliphatic hydroxyl groups is 1. The highest BCUT2D eigenvalue weighted by molar-refractivity contribution is 5.93. The number of ether oxygens (including phenoxy) is 3. The van der Waals surface area contributed by atoms with Crippen LogP contribution < -0.4 is 9.47 Å². The average molecular weight is 716 g/mol. The highest BCUT2D eigenvalue weighted by Gasteiger charge is 2.44. The molecule has 0 spiro atoms. The van der Waals surface area contributed by atoms with Gasteiger partial charge in [-0.2, -0.15) is 0 Å². The van der Waals surface area contributed by atoms with Crippen LogP contribution in [-0.4, -0.2) is 49.8 Å². The van der Waals surface area contributed by atoms with E-state index in [1.54, 1.807) is 26.5 Å². The predicted molar refractivity (Wildman–Crippen MR) is 214 cm³/mol. The van der Waals surface area contributed by atoms with Crippen molar-refractivity contribution in [3.8, 4) is 17.2 Å². The molecule has 0 aromatic heterocycles. The SMILES string of the molecule is COC(=O)c1ccc(O)c(C=NC(CC(C)C)C(O)(c2cc(C(C)(C)C)c(OC)c(C(C)(C)C)c2)c2cc(C(C)(C)C)c(OC)c(C(C)(C)C)c2)c1. The zero-order valence-corrected chi connectivity index (χ0v) is 35.0. The van der Waals surface area contributed by atoms with E-state index in [0.29, 0.717) is 23.1 Å². The first-order valence-electron chi connectivity index (χ1n) is 18.4. The number of hydrogen-bond acceptors (Lipinski definition) is 7. The van der Waals surface area contributed by atoms with E-state index in [-0.39, 0.29) is 38.9 Å². The second kappa shape index (κ2) is 15.3. The quantitative estimate of drug-likeness (QED) is 0.160. The molecule has 0 aliphatic heterocycles. The van der Waals surface area contributed by atoms with Crippen LogP contribution in [0.15, 0.2) is 47.5 Å². The van der Waals surface area contributed by atoms with E-state index in [2.05, 4.69) is 121 Å². The number of aliphatic imine (C=N–C) groups is 1. The third-order valence-corrected chi connectivity index (χ3v) is 9.72. The molecule has 286 valence electrons. The Kier molecular flexibility index (Phi) is 12.5. The number of hydrogen-bond donors (Lipinski definition) is 2. The van der Waals surface area contributed by atoms with Crippen molar-refractivity contribution < 1.29 is 29.2 Å². The van der Waals surface area contributed by atoms with Gasteiger partial charge in [0, 0.05) is 34.0 Å². The predicted octanol–water partition coefficient (Wildman–Crippen LogP) is 10.2. The summed E-state index contributed by atoms with van der Waals surface area (Å²) >= 11 is 0. The number of phenols is 1. The molecule has 0 aliphatic carbocycles. The molecule has 2 N–H and O–H groups in total. The van der Waals surface area contributed by atoms with Crippen LogP contribution in [0.25, 0.3) is 0 Å². The Bertz CT molecular complexity index is 1620. The standard InChI is InChI=1S/C45H65NO6/c1-27(2)20-37(46-26-29-21-28(40(48)52-17)18-19-36(29)47)45(49,30-22-32(41(3,4)5)38(50-15)33(23-30)42(6,7)8)31-24-34(43(9,10)11)39(51-16)35(25-31)44(12,13)14/h18-19,21-27,37,47,49H,20H2,1-17H3. The zero-order chi connectivity index (χ0) is 39.8. The molecule has 0 radical (unpaired) electrons. The van der Waals surface area contributed by atoms with Crippen molar-refractivity contribution in [2.75, 3.05) is 21.3 Å². The van der Waals surface area contributed by atoms with E-state index in [9.17, 15) is 15.0 Å². The van der Waals surface area contributed by atoms with E-state index in [1.165, 1.54) is 19.2 Å². The van der Waals surface area contributed by atoms with Crippen LogP contribution in [-0.2, 0) is 32.0 Å². The Morgan fingerprint density at radius 1 is 0.692 bits per heavy atom. The van der Waals surface area contributed by atoms with E-state index in [4.69, 9.17) is 19.2 Å². The number of carbonyl (C=O) groups excluding carboxylic acids is 1. The van der Waals surface area contributed by atoms with Gasteiger partial charge < -0.3 is 24.4 Å². The summed E-state index contributed by atoms with van der Waals surface area (Å²) < 4.78 is 17.2. The van der Waals surface area contributed by atoms with E-state index in [1.807, 2.05) is 0 Å². The molecule has 0 aliphatic rings. The third kappa shape index (κ3) is 9.02. The van der Waals surface area contributed by atoms with Gasteiger partial charge in [0.25, 0.3) is 0 Å². The Balaban J connectivity index is 2.66. The highest BCUT2D eigenvalue weighted by atomic mass is 16.5. The van der Waals surface area contributed by atoms with Crippen LogP contribution in [0.2, 0.25) is 0 Å². The summed E-state index contributed by atoms with van der Waals surface area (Å²) in [6, 6.07) is 12.2. The fourth-order valence-corrected chi connectivity index (χ4v) is 6.78. The fraction of sp³-hybridized carbons (Fsp3) is 0.556. The van der Waals surface area contributed by atoms with Gasteiger partial charge in [-0.05, 0) is 87.6 Å². The Labute approximate surface area is 313 Å². The molecule has 7 heteroatoms. The molecular formula is C45H65NO6. The number of methoxy groups -OCH3 is 3. The molecule has 1 atom stereocenters. The number of aromatic hydroxyl groups is 1. The molecule has 0 fully saturated rings. The van der Waals surface area contributed by atoms with Gasteiger partial charge in [-0.15, -0.1) is 0 Å². The van der Waals surface area contributed by atoms with Crippen molar-refractivity contribution in [1.82, 2.24) is 0 Å². The van der Waals surface area contributed by atoms with Crippen LogP contribution in [0.1, 0.15) is 153 Å².